The van der Waals surface area contributed by atoms with Crippen LogP contribution in [-0.2, 0) is 9.84 Å². The van der Waals surface area contributed by atoms with Gasteiger partial charge in [-0.05, 0) is 37.8 Å². The molecule has 1 rings (SSSR count). The van der Waals surface area contributed by atoms with E-state index in [-0.39, 0.29) is 29.7 Å². The second kappa shape index (κ2) is 12.5. The fourth-order valence-corrected chi connectivity index (χ4v) is 3.33. The molecule has 0 heterocycles. The predicted octanol–water partition coefficient (Wildman–Crippen LogP) is 3.07. The monoisotopic (exact) mass is 467 g/mol. The van der Waals surface area contributed by atoms with Gasteiger partial charge < -0.3 is 10.6 Å². The topological polar surface area (TPSA) is 70.6 Å². The van der Waals surface area contributed by atoms with Crippen molar-refractivity contribution in [2.24, 2.45) is 10.9 Å². The van der Waals surface area contributed by atoms with Crippen LogP contribution < -0.4 is 10.6 Å². The molecule has 1 aromatic carbocycles. The molecular formula is C17H30IN3O2S. The third kappa shape index (κ3) is 9.46. The first-order valence-corrected chi connectivity index (χ1v) is 9.91. The van der Waals surface area contributed by atoms with Crippen molar-refractivity contribution >= 4 is 39.8 Å². The summed E-state index contributed by atoms with van der Waals surface area (Å²) in [4.78, 5) is 4.82. The van der Waals surface area contributed by atoms with Gasteiger partial charge in [0.1, 0.15) is 0 Å². The molecule has 0 aliphatic rings. The maximum Gasteiger partial charge on any atom is 0.191 e. The van der Waals surface area contributed by atoms with Gasteiger partial charge in [0.25, 0.3) is 0 Å². The Bertz CT molecular complexity index is 575. The van der Waals surface area contributed by atoms with E-state index in [4.69, 9.17) is 0 Å². The summed E-state index contributed by atoms with van der Waals surface area (Å²) < 4.78 is 24.3. The molecule has 7 heteroatoms. The molecule has 0 spiro atoms. The molecule has 138 valence electrons. The van der Waals surface area contributed by atoms with Crippen LogP contribution in [0.1, 0.15) is 33.6 Å². The van der Waals surface area contributed by atoms with Crippen molar-refractivity contribution in [3.8, 4) is 0 Å². The van der Waals surface area contributed by atoms with Gasteiger partial charge in [0.05, 0.1) is 10.6 Å². The van der Waals surface area contributed by atoms with Gasteiger partial charge >= 0.3 is 0 Å². The van der Waals surface area contributed by atoms with Crippen LogP contribution in [-0.4, -0.2) is 39.8 Å². The van der Waals surface area contributed by atoms with E-state index < -0.39 is 9.84 Å². The number of halogens is 1. The number of sulfone groups is 1. The fraction of sp³-hybridized carbons (Fsp3) is 0.588. The zero-order valence-corrected chi connectivity index (χ0v) is 17.9. The van der Waals surface area contributed by atoms with Crippen LogP contribution in [0.5, 0.6) is 0 Å². The van der Waals surface area contributed by atoms with Crippen molar-refractivity contribution < 1.29 is 8.42 Å². The van der Waals surface area contributed by atoms with Crippen molar-refractivity contribution in [3.05, 3.63) is 30.3 Å². The van der Waals surface area contributed by atoms with Gasteiger partial charge in [0.15, 0.2) is 15.8 Å². The van der Waals surface area contributed by atoms with Crippen molar-refractivity contribution in [2.75, 3.05) is 25.4 Å². The Labute approximate surface area is 163 Å². The summed E-state index contributed by atoms with van der Waals surface area (Å²) in [6.07, 6.45) is 1.59. The van der Waals surface area contributed by atoms with Crippen LogP contribution in [0.15, 0.2) is 40.2 Å². The van der Waals surface area contributed by atoms with Crippen LogP contribution in [0.4, 0.5) is 0 Å². The van der Waals surface area contributed by atoms with Crippen LogP contribution >= 0.6 is 24.0 Å². The van der Waals surface area contributed by atoms with Crippen LogP contribution in [0.3, 0.4) is 0 Å². The molecule has 0 bridgehead atoms. The van der Waals surface area contributed by atoms with Gasteiger partial charge in [-0.25, -0.2) is 8.42 Å². The second-order valence-corrected chi connectivity index (χ2v) is 7.96. The lowest BCUT2D eigenvalue weighted by Gasteiger charge is -2.12. The molecule has 0 aliphatic heterocycles. The molecule has 0 atom stereocenters. The highest BCUT2D eigenvalue weighted by Gasteiger charge is 2.12. The summed E-state index contributed by atoms with van der Waals surface area (Å²) in [7, 11) is -3.21. The largest absolute Gasteiger partial charge is 0.357 e. The minimum Gasteiger partial charge on any atom is -0.357 e. The molecule has 5 nitrogen and oxygen atoms in total. The first-order valence-electron chi connectivity index (χ1n) is 8.25. The van der Waals surface area contributed by atoms with E-state index in [0.29, 0.717) is 23.8 Å². The van der Waals surface area contributed by atoms with Crippen molar-refractivity contribution in [1.29, 1.82) is 0 Å². The summed E-state index contributed by atoms with van der Waals surface area (Å²) in [5, 5.41) is 6.45. The maximum atomic E-state index is 12.2. The fourth-order valence-electron chi connectivity index (χ4n) is 2.01. The van der Waals surface area contributed by atoms with E-state index in [2.05, 4.69) is 29.5 Å². The SMILES string of the molecule is CCNC(=NCCCS(=O)(=O)c1ccccc1)NCCC(C)C.I. The molecule has 24 heavy (non-hydrogen) atoms. The van der Waals surface area contributed by atoms with Gasteiger partial charge in [-0.2, -0.15) is 0 Å². The van der Waals surface area contributed by atoms with Gasteiger partial charge in [-0.15, -0.1) is 24.0 Å². The Morgan fingerprint density at radius 3 is 2.42 bits per heavy atom. The van der Waals surface area contributed by atoms with E-state index in [1.807, 2.05) is 13.0 Å². The molecule has 0 unspecified atom stereocenters. The molecule has 0 amide bonds. The molecular weight excluding hydrogens is 437 g/mol. The minimum atomic E-state index is -3.21. The highest BCUT2D eigenvalue weighted by atomic mass is 127. The average molecular weight is 467 g/mol. The molecule has 1 aromatic rings. The maximum absolute atomic E-state index is 12.2. The summed E-state index contributed by atoms with van der Waals surface area (Å²) in [6.45, 7) is 8.52. The average Bonchev–Trinajstić information content (AvgIpc) is 2.52. The van der Waals surface area contributed by atoms with Crippen molar-refractivity contribution in [1.82, 2.24) is 10.6 Å². The Morgan fingerprint density at radius 1 is 1.17 bits per heavy atom. The molecule has 0 aliphatic carbocycles. The number of nitrogens with one attached hydrogen (secondary N) is 2. The highest BCUT2D eigenvalue weighted by molar-refractivity contribution is 14.0. The predicted molar refractivity (Wildman–Crippen MR) is 112 cm³/mol. The summed E-state index contributed by atoms with van der Waals surface area (Å²) >= 11 is 0. The van der Waals surface area contributed by atoms with Gasteiger partial charge in [0.2, 0.25) is 0 Å². The van der Waals surface area contributed by atoms with Crippen molar-refractivity contribution in [3.63, 3.8) is 0 Å². The summed E-state index contributed by atoms with van der Waals surface area (Å²) in [6, 6.07) is 8.57. The van der Waals surface area contributed by atoms with E-state index >= 15 is 0 Å². The Balaban J connectivity index is 0.00000529. The highest BCUT2D eigenvalue weighted by Crippen LogP contribution is 2.10. The lowest BCUT2D eigenvalue weighted by Crippen LogP contribution is -2.38. The number of benzene rings is 1. The number of hydrogen-bond acceptors (Lipinski definition) is 3. The number of rotatable bonds is 9. The second-order valence-electron chi connectivity index (χ2n) is 5.86. The normalized spacial score (nSPS) is 11.9. The van der Waals surface area contributed by atoms with E-state index in [1.165, 1.54) is 0 Å². The molecule has 0 radical (unpaired) electrons. The van der Waals surface area contributed by atoms with E-state index in [0.717, 1.165) is 25.5 Å². The zero-order valence-electron chi connectivity index (χ0n) is 14.8. The Kier molecular flexibility index (Phi) is 12.1. The van der Waals surface area contributed by atoms with Crippen molar-refractivity contribution in [2.45, 2.75) is 38.5 Å². The van der Waals surface area contributed by atoms with Gasteiger partial charge in [0, 0.05) is 19.6 Å². The summed E-state index contributed by atoms with van der Waals surface area (Å²) in [5.41, 5.74) is 0. The van der Waals surface area contributed by atoms with Crippen LogP contribution in [0.2, 0.25) is 0 Å². The zero-order chi connectivity index (χ0) is 17.1. The lowest BCUT2D eigenvalue weighted by atomic mass is 10.1. The minimum absolute atomic E-state index is 0. The first-order chi connectivity index (χ1) is 11.0. The molecule has 0 saturated heterocycles. The molecule has 0 aromatic heterocycles. The Morgan fingerprint density at radius 2 is 1.83 bits per heavy atom. The van der Waals surface area contributed by atoms with Gasteiger partial charge in [-0.3, -0.25) is 4.99 Å². The molecule has 2 N–H and O–H groups in total. The Hall–Kier alpha value is -0.830. The van der Waals surface area contributed by atoms with Gasteiger partial charge in [-0.1, -0.05) is 32.0 Å². The smallest absolute Gasteiger partial charge is 0.191 e. The lowest BCUT2D eigenvalue weighted by molar-refractivity contribution is 0.573. The number of guanidine groups is 1. The molecule has 0 saturated carbocycles. The number of nitrogens with zero attached hydrogens (tertiary/aromatic N) is 1. The van der Waals surface area contributed by atoms with Crippen LogP contribution in [0, 0.1) is 5.92 Å². The number of hydrogen-bond donors (Lipinski definition) is 2. The third-order valence-electron chi connectivity index (χ3n) is 3.30. The van der Waals surface area contributed by atoms with Crippen LogP contribution in [0.25, 0.3) is 0 Å². The van der Waals surface area contributed by atoms with E-state index in [9.17, 15) is 8.42 Å². The first kappa shape index (κ1) is 23.2. The molecule has 0 fully saturated rings. The third-order valence-corrected chi connectivity index (χ3v) is 5.12. The summed E-state index contributed by atoms with van der Waals surface area (Å²) in [5.74, 6) is 1.51. The standard InChI is InChI=1S/C17H29N3O2S.HI/c1-4-18-17(20-13-11-15(2)3)19-12-8-14-23(21,22)16-9-6-5-7-10-16;/h5-7,9-10,15H,4,8,11-14H2,1-3H3,(H2,18,19,20);1H. The quantitative estimate of drug-likeness (QED) is 0.254. The number of aliphatic imine (C=N–C) groups is 1. The van der Waals surface area contributed by atoms with E-state index in [1.54, 1.807) is 24.3 Å².